The standard InChI is InChI=1S/C18H22Cl2N2O3/c19-14-1-2-16(15(20)11-14)21-17(23)12-3-7-22(8-4-12)18(24)13-5-9-25-10-6-13/h1-2,11-13H,3-10H2,(H,21,23). The molecule has 2 aliphatic rings. The zero-order valence-electron chi connectivity index (χ0n) is 14.0. The number of ether oxygens (including phenoxy) is 1. The van der Waals surface area contributed by atoms with Crippen molar-refractivity contribution in [1.29, 1.82) is 0 Å². The first-order valence-electron chi connectivity index (χ1n) is 8.67. The Kier molecular flexibility index (Phi) is 6.20. The average Bonchev–Trinajstić information content (AvgIpc) is 2.64. The maximum Gasteiger partial charge on any atom is 0.227 e. The molecule has 1 aromatic carbocycles. The van der Waals surface area contributed by atoms with Gasteiger partial charge in [0.05, 0.1) is 10.7 Å². The van der Waals surface area contributed by atoms with Gasteiger partial charge in [0.1, 0.15) is 0 Å². The number of anilines is 1. The number of carbonyl (C=O) groups is 2. The second kappa shape index (κ2) is 8.39. The van der Waals surface area contributed by atoms with Crippen LogP contribution in [0.3, 0.4) is 0 Å². The Morgan fingerprint density at radius 1 is 1.04 bits per heavy atom. The molecule has 0 bridgehead atoms. The van der Waals surface area contributed by atoms with Gasteiger partial charge in [-0.3, -0.25) is 9.59 Å². The van der Waals surface area contributed by atoms with Crippen molar-refractivity contribution in [3.8, 4) is 0 Å². The van der Waals surface area contributed by atoms with Gasteiger partial charge < -0.3 is 15.0 Å². The third-order valence-corrected chi connectivity index (χ3v) is 5.48. The van der Waals surface area contributed by atoms with Crippen molar-refractivity contribution in [2.24, 2.45) is 11.8 Å². The van der Waals surface area contributed by atoms with Crippen molar-refractivity contribution < 1.29 is 14.3 Å². The van der Waals surface area contributed by atoms with Gasteiger partial charge in [-0.05, 0) is 43.9 Å². The maximum absolute atomic E-state index is 12.5. The summed E-state index contributed by atoms with van der Waals surface area (Å²) in [6.45, 7) is 2.58. The highest BCUT2D eigenvalue weighted by molar-refractivity contribution is 6.36. The van der Waals surface area contributed by atoms with Gasteiger partial charge >= 0.3 is 0 Å². The van der Waals surface area contributed by atoms with Gasteiger partial charge in [-0.2, -0.15) is 0 Å². The Bertz CT molecular complexity index is 639. The number of carbonyl (C=O) groups excluding carboxylic acids is 2. The quantitative estimate of drug-likeness (QED) is 0.865. The number of hydrogen-bond donors (Lipinski definition) is 1. The minimum absolute atomic E-state index is 0.0533. The molecule has 3 rings (SSSR count). The summed E-state index contributed by atoms with van der Waals surface area (Å²) in [5.41, 5.74) is 0.566. The highest BCUT2D eigenvalue weighted by Gasteiger charge is 2.31. The fourth-order valence-corrected chi connectivity index (χ4v) is 3.85. The molecule has 0 aliphatic carbocycles. The average molecular weight is 385 g/mol. The van der Waals surface area contributed by atoms with Crippen molar-refractivity contribution >= 4 is 40.7 Å². The van der Waals surface area contributed by atoms with Crippen LogP contribution in [-0.4, -0.2) is 43.0 Å². The van der Waals surface area contributed by atoms with Crippen molar-refractivity contribution in [2.45, 2.75) is 25.7 Å². The zero-order chi connectivity index (χ0) is 17.8. The van der Waals surface area contributed by atoms with Crippen LogP contribution in [0.2, 0.25) is 10.0 Å². The van der Waals surface area contributed by atoms with Gasteiger partial charge in [0.25, 0.3) is 0 Å². The molecule has 25 heavy (non-hydrogen) atoms. The third-order valence-electron chi connectivity index (χ3n) is 4.94. The summed E-state index contributed by atoms with van der Waals surface area (Å²) in [7, 11) is 0. The lowest BCUT2D eigenvalue weighted by Gasteiger charge is -2.34. The molecule has 5 nitrogen and oxygen atoms in total. The van der Waals surface area contributed by atoms with E-state index in [1.807, 2.05) is 4.90 Å². The molecule has 0 radical (unpaired) electrons. The van der Waals surface area contributed by atoms with Crippen LogP contribution in [0.4, 0.5) is 5.69 Å². The fraction of sp³-hybridized carbons (Fsp3) is 0.556. The lowest BCUT2D eigenvalue weighted by atomic mass is 9.93. The van der Waals surface area contributed by atoms with Gasteiger partial charge in [-0.1, -0.05) is 23.2 Å². The van der Waals surface area contributed by atoms with Crippen molar-refractivity contribution in [1.82, 2.24) is 4.90 Å². The lowest BCUT2D eigenvalue weighted by Crippen LogP contribution is -2.45. The Morgan fingerprint density at radius 2 is 1.72 bits per heavy atom. The van der Waals surface area contributed by atoms with Gasteiger partial charge in [-0.25, -0.2) is 0 Å². The Morgan fingerprint density at radius 3 is 2.36 bits per heavy atom. The first-order chi connectivity index (χ1) is 12.0. The normalized spacial score (nSPS) is 19.7. The molecule has 2 fully saturated rings. The van der Waals surface area contributed by atoms with Crippen molar-refractivity contribution in [3.63, 3.8) is 0 Å². The molecule has 1 N–H and O–H groups in total. The predicted octanol–water partition coefficient (Wildman–Crippen LogP) is 3.60. The summed E-state index contributed by atoms with van der Waals surface area (Å²) in [6.07, 6.45) is 2.95. The fourth-order valence-electron chi connectivity index (χ4n) is 3.39. The molecular formula is C18H22Cl2N2O3. The molecule has 136 valence electrons. The molecular weight excluding hydrogens is 363 g/mol. The number of amides is 2. The van der Waals surface area contributed by atoms with E-state index < -0.39 is 0 Å². The second-order valence-corrected chi connectivity index (χ2v) is 7.44. The van der Waals surface area contributed by atoms with E-state index in [1.165, 1.54) is 0 Å². The molecule has 0 aromatic heterocycles. The number of nitrogens with one attached hydrogen (secondary N) is 1. The van der Waals surface area contributed by atoms with Crippen LogP contribution in [0.5, 0.6) is 0 Å². The summed E-state index contributed by atoms with van der Waals surface area (Å²) in [5, 5.41) is 3.82. The molecule has 0 unspecified atom stereocenters. The van der Waals surface area contributed by atoms with Crippen molar-refractivity contribution in [2.75, 3.05) is 31.6 Å². The van der Waals surface area contributed by atoms with Crippen LogP contribution in [0.1, 0.15) is 25.7 Å². The number of benzene rings is 1. The number of halogens is 2. The largest absolute Gasteiger partial charge is 0.381 e. The molecule has 2 amide bonds. The molecule has 0 atom stereocenters. The summed E-state index contributed by atoms with van der Waals surface area (Å²) in [6, 6.07) is 5.00. The topological polar surface area (TPSA) is 58.6 Å². The minimum atomic E-state index is -0.106. The molecule has 0 spiro atoms. The van der Waals surface area contributed by atoms with Gasteiger partial charge in [0, 0.05) is 43.2 Å². The second-order valence-electron chi connectivity index (χ2n) is 6.60. The predicted molar refractivity (Wildman–Crippen MR) is 97.9 cm³/mol. The maximum atomic E-state index is 12.5. The van der Waals surface area contributed by atoms with E-state index in [0.29, 0.717) is 54.9 Å². The molecule has 2 heterocycles. The van der Waals surface area contributed by atoms with Gasteiger partial charge in [0.15, 0.2) is 0 Å². The SMILES string of the molecule is O=C(Nc1ccc(Cl)cc1Cl)C1CCN(C(=O)C2CCOCC2)CC1. The van der Waals surface area contributed by atoms with Crippen LogP contribution in [-0.2, 0) is 14.3 Å². The molecule has 2 saturated heterocycles. The first kappa shape index (κ1) is 18.5. The number of nitrogens with zero attached hydrogens (tertiary/aromatic N) is 1. The molecule has 7 heteroatoms. The molecule has 1 aromatic rings. The first-order valence-corrected chi connectivity index (χ1v) is 9.42. The number of likely N-dealkylation sites (tertiary alicyclic amines) is 1. The highest BCUT2D eigenvalue weighted by atomic mass is 35.5. The third kappa shape index (κ3) is 4.66. The summed E-state index contributed by atoms with van der Waals surface area (Å²) in [4.78, 5) is 26.9. The van der Waals surface area contributed by atoms with Gasteiger partial charge in [0.2, 0.25) is 11.8 Å². The van der Waals surface area contributed by atoms with E-state index in [9.17, 15) is 9.59 Å². The van der Waals surface area contributed by atoms with Crippen molar-refractivity contribution in [3.05, 3.63) is 28.2 Å². The van der Waals surface area contributed by atoms with E-state index in [0.717, 1.165) is 12.8 Å². The van der Waals surface area contributed by atoms with Crippen LogP contribution in [0.25, 0.3) is 0 Å². The van der Waals surface area contributed by atoms with E-state index in [-0.39, 0.29) is 23.7 Å². The van der Waals surface area contributed by atoms with E-state index in [2.05, 4.69) is 5.32 Å². The van der Waals surface area contributed by atoms with Crippen LogP contribution >= 0.6 is 23.2 Å². The van der Waals surface area contributed by atoms with Gasteiger partial charge in [-0.15, -0.1) is 0 Å². The number of rotatable bonds is 3. The van der Waals surface area contributed by atoms with E-state index in [4.69, 9.17) is 27.9 Å². The number of piperidine rings is 1. The summed E-state index contributed by atoms with van der Waals surface area (Å²) < 4.78 is 5.32. The molecule has 0 saturated carbocycles. The zero-order valence-corrected chi connectivity index (χ0v) is 15.5. The summed E-state index contributed by atoms with van der Waals surface area (Å²) in [5.74, 6) is 0.128. The minimum Gasteiger partial charge on any atom is -0.381 e. The Balaban J connectivity index is 1.51. The number of hydrogen-bond acceptors (Lipinski definition) is 3. The monoisotopic (exact) mass is 384 g/mol. The van der Waals surface area contributed by atoms with E-state index in [1.54, 1.807) is 18.2 Å². The lowest BCUT2D eigenvalue weighted by molar-refractivity contribution is -0.141. The van der Waals surface area contributed by atoms with Crippen LogP contribution in [0, 0.1) is 11.8 Å². The molecule has 2 aliphatic heterocycles. The van der Waals surface area contributed by atoms with Crippen LogP contribution in [0.15, 0.2) is 18.2 Å². The van der Waals surface area contributed by atoms with E-state index >= 15 is 0 Å². The highest BCUT2D eigenvalue weighted by Crippen LogP contribution is 2.28. The summed E-state index contributed by atoms with van der Waals surface area (Å²) >= 11 is 12.0. The smallest absolute Gasteiger partial charge is 0.227 e. The van der Waals surface area contributed by atoms with Crippen LogP contribution < -0.4 is 5.32 Å². The Hall–Kier alpha value is -1.30. The Labute approximate surface area is 157 Å².